The molecule has 3 fully saturated rings. The number of aliphatic carboxylic acids is 1. The second-order valence-corrected chi connectivity index (χ2v) is 6.57. The van der Waals surface area contributed by atoms with Crippen molar-refractivity contribution >= 4 is 12.0 Å². The maximum Gasteiger partial charge on any atom is 0.317 e. The minimum absolute atomic E-state index is 0.0498. The highest BCUT2D eigenvalue weighted by Gasteiger charge is 2.41. The third-order valence-corrected chi connectivity index (χ3v) is 4.80. The van der Waals surface area contributed by atoms with Crippen molar-refractivity contribution in [2.75, 3.05) is 19.7 Å². The van der Waals surface area contributed by atoms with Gasteiger partial charge in [-0.3, -0.25) is 4.79 Å². The Morgan fingerprint density at radius 3 is 2.76 bits per heavy atom. The maximum absolute atomic E-state index is 12.4. The number of piperidine rings is 1. The van der Waals surface area contributed by atoms with Crippen LogP contribution in [0.3, 0.4) is 0 Å². The van der Waals surface area contributed by atoms with Crippen molar-refractivity contribution in [1.82, 2.24) is 10.2 Å². The number of carboxylic acids is 1. The lowest BCUT2D eigenvalue weighted by molar-refractivity contribution is -0.138. The number of rotatable bonds is 4. The highest BCUT2D eigenvalue weighted by molar-refractivity contribution is 5.75. The molecule has 3 atom stereocenters. The molecule has 6 heteroatoms. The first kappa shape index (κ1) is 14.6. The molecule has 2 saturated heterocycles. The quantitative estimate of drug-likeness (QED) is 0.823. The van der Waals surface area contributed by atoms with Gasteiger partial charge in [-0.25, -0.2) is 4.79 Å². The van der Waals surface area contributed by atoms with Crippen LogP contribution in [-0.4, -0.2) is 53.8 Å². The lowest BCUT2D eigenvalue weighted by Gasteiger charge is -2.33. The summed E-state index contributed by atoms with van der Waals surface area (Å²) in [4.78, 5) is 25.0. The molecule has 0 aromatic rings. The van der Waals surface area contributed by atoms with E-state index in [2.05, 4.69) is 5.32 Å². The van der Waals surface area contributed by atoms with E-state index in [1.807, 2.05) is 0 Å². The number of carbonyl (C=O) groups excluding carboxylic acids is 1. The van der Waals surface area contributed by atoms with Gasteiger partial charge in [0.05, 0.1) is 12.1 Å². The van der Waals surface area contributed by atoms with Crippen LogP contribution in [0.15, 0.2) is 0 Å². The molecule has 0 bridgehead atoms. The van der Waals surface area contributed by atoms with Gasteiger partial charge >= 0.3 is 12.0 Å². The Bertz CT molecular complexity index is 410. The van der Waals surface area contributed by atoms with Crippen LogP contribution in [0.5, 0.6) is 0 Å². The normalized spacial score (nSPS) is 33.0. The lowest BCUT2D eigenvalue weighted by atomic mass is 9.95. The fourth-order valence-electron chi connectivity index (χ4n) is 3.57. The van der Waals surface area contributed by atoms with E-state index >= 15 is 0 Å². The van der Waals surface area contributed by atoms with Crippen molar-refractivity contribution in [3.8, 4) is 0 Å². The van der Waals surface area contributed by atoms with Crippen LogP contribution in [0.25, 0.3) is 0 Å². The van der Waals surface area contributed by atoms with Gasteiger partial charge in [0, 0.05) is 26.1 Å². The van der Waals surface area contributed by atoms with E-state index in [0.717, 1.165) is 32.4 Å². The number of amides is 2. The molecule has 2 amide bonds. The topological polar surface area (TPSA) is 78.9 Å². The van der Waals surface area contributed by atoms with E-state index in [1.165, 1.54) is 12.8 Å². The van der Waals surface area contributed by atoms with Crippen molar-refractivity contribution in [3.63, 3.8) is 0 Å². The van der Waals surface area contributed by atoms with E-state index in [0.29, 0.717) is 12.5 Å². The zero-order chi connectivity index (χ0) is 14.8. The van der Waals surface area contributed by atoms with E-state index in [4.69, 9.17) is 9.84 Å². The summed E-state index contributed by atoms with van der Waals surface area (Å²) in [6.07, 6.45) is 5.43. The number of hydrogen-bond acceptors (Lipinski definition) is 3. The Kier molecular flexibility index (Phi) is 4.33. The molecule has 2 N–H and O–H groups in total. The molecule has 0 aromatic carbocycles. The molecule has 1 saturated carbocycles. The highest BCUT2D eigenvalue weighted by atomic mass is 16.5. The molecular weight excluding hydrogens is 272 g/mol. The number of nitrogens with one attached hydrogen (secondary N) is 1. The summed E-state index contributed by atoms with van der Waals surface area (Å²) in [6, 6.07) is 0.0797. The largest absolute Gasteiger partial charge is 0.481 e. The number of hydrogen-bond donors (Lipinski definition) is 2. The number of urea groups is 1. The minimum atomic E-state index is -0.778. The van der Waals surface area contributed by atoms with Crippen molar-refractivity contribution < 1.29 is 19.4 Å². The standard InChI is InChI=1S/C15H24N2O4/c18-13(19)8-10-2-1-6-17(9-10)15(20)16-12-5-7-21-14(12)11-3-4-11/h10-12,14H,1-9H2,(H,16,20)(H,18,19). The molecule has 2 aliphatic heterocycles. The predicted molar refractivity (Wildman–Crippen MR) is 76.0 cm³/mol. The van der Waals surface area contributed by atoms with Crippen LogP contribution in [0.1, 0.15) is 38.5 Å². The van der Waals surface area contributed by atoms with Gasteiger partial charge in [0.15, 0.2) is 0 Å². The molecule has 2 heterocycles. The van der Waals surface area contributed by atoms with E-state index < -0.39 is 5.97 Å². The van der Waals surface area contributed by atoms with Gasteiger partial charge in [-0.1, -0.05) is 0 Å². The average Bonchev–Trinajstić information content (AvgIpc) is 3.19. The van der Waals surface area contributed by atoms with Crippen LogP contribution in [0.2, 0.25) is 0 Å². The summed E-state index contributed by atoms with van der Waals surface area (Å²) in [5.74, 6) is -0.0692. The minimum Gasteiger partial charge on any atom is -0.481 e. The molecule has 0 aromatic heterocycles. The summed E-state index contributed by atoms with van der Waals surface area (Å²) in [6.45, 7) is 2.01. The Hall–Kier alpha value is -1.30. The Morgan fingerprint density at radius 1 is 1.24 bits per heavy atom. The van der Waals surface area contributed by atoms with Gasteiger partial charge < -0.3 is 20.1 Å². The maximum atomic E-state index is 12.4. The van der Waals surface area contributed by atoms with E-state index in [9.17, 15) is 9.59 Å². The molecular formula is C15H24N2O4. The molecule has 3 rings (SSSR count). The third kappa shape index (κ3) is 3.67. The Labute approximate surface area is 124 Å². The number of likely N-dealkylation sites (tertiary alicyclic amines) is 1. The number of carbonyl (C=O) groups is 2. The summed E-state index contributed by atoms with van der Waals surface area (Å²) in [5, 5.41) is 12.0. The first-order valence-electron chi connectivity index (χ1n) is 8.02. The average molecular weight is 296 g/mol. The van der Waals surface area contributed by atoms with Crippen LogP contribution < -0.4 is 5.32 Å². The third-order valence-electron chi connectivity index (χ3n) is 4.80. The molecule has 6 nitrogen and oxygen atoms in total. The van der Waals surface area contributed by atoms with Crippen LogP contribution in [-0.2, 0) is 9.53 Å². The molecule has 3 aliphatic rings. The lowest BCUT2D eigenvalue weighted by Crippen LogP contribution is -2.51. The molecule has 3 unspecified atom stereocenters. The van der Waals surface area contributed by atoms with E-state index in [-0.39, 0.29) is 30.5 Å². The number of nitrogens with zero attached hydrogens (tertiary/aromatic N) is 1. The second kappa shape index (κ2) is 6.22. The predicted octanol–water partition coefficient (Wildman–Crippen LogP) is 1.45. The second-order valence-electron chi connectivity index (χ2n) is 6.57. The van der Waals surface area contributed by atoms with Gasteiger partial charge in [-0.15, -0.1) is 0 Å². The Morgan fingerprint density at radius 2 is 2.05 bits per heavy atom. The monoisotopic (exact) mass is 296 g/mol. The van der Waals surface area contributed by atoms with Gasteiger partial charge in [-0.2, -0.15) is 0 Å². The van der Waals surface area contributed by atoms with E-state index in [1.54, 1.807) is 4.90 Å². The summed E-state index contributed by atoms with van der Waals surface area (Å²) in [7, 11) is 0. The highest BCUT2D eigenvalue weighted by Crippen LogP contribution is 2.38. The summed E-state index contributed by atoms with van der Waals surface area (Å²) >= 11 is 0. The van der Waals surface area contributed by atoms with Gasteiger partial charge in [0.25, 0.3) is 0 Å². The van der Waals surface area contributed by atoms with Crippen molar-refractivity contribution in [3.05, 3.63) is 0 Å². The smallest absolute Gasteiger partial charge is 0.317 e. The van der Waals surface area contributed by atoms with Gasteiger partial charge in [0.2, 0.25) is 0 Å². The fourth-order valence-corrected chi connectivity index (χ4v) is 3.57. The molecule has 21 heavy (non-hydrogen) atoms. The van der Waals surface area contributed by atoms with Crippen LogP contribution >= 0.6 is 0 Å². The van der Waals surface area contributed by atoms with Crippen LogP contribution in [0.4, 0.5) is 4.79 Å². The Balaban J connectivity index is 1.51. The number of carboxylic acid groups (broad SMARTS) is 1. The van der Waals surface area contributed by atoms with Crippen LogP contribution in [0, 0.1) is 11.8 Å². The molecule has 0 spiro atoms. The first-order chi connectivity index (χ1) is 10.1. The van der Waals surface area contributed by atoms with Crippen molar-refractivity contribution in [1.29, 1.82) is 0 Å². The molecule has 118 valence electrons. The summed E-state index contributed by atoms with van der Waals surface area (Å²) in [5.41, 5.74) is 0. The van der Waals surface area contributed by atoms with Gasteiger partial charge in [-0.05, 0) is 43.9 Å². The number of ether oxygens (including phenoxy) is 1. The zero-order valence-electron chi connectivity index (χ0n) is 12.3. The fraction of sp³-hybridized carbons (Fsp3) is 0.867. The SMILES string of the molecule is O=C(O)CC1CCCN(C(=O)NC2CCOC2C2CC2)C1. The van der Waals surface area contributed by atoms with Gasteiger partial charge in [0.1, 0.15) is 0 Å². The van der Waals surface area contributed by atoms with Crippen molar-refractivity contribution in [2.45, 2.75) is 50.7 Å². The molecule has 0 radical (unpaired) electrons. The molecule has 1 aliphatic carbocycles. The zero-order valence-corrected chi connectivity index (χ0v) is 12.3. The first-order valence-corrected chi connectivity index (χ1v) is 8.02. The van der Waals surface area contributed by atoms with Crippen molar-refractivity contribution in [2.24, 2.45) is 11.8 Å². The summed E-state index contributed by atoms with van der Waals surface area (Å²) < 4.78 is 5.74.